The molecule has 2 nitrogen and oxygen atoms in total. The first-order chi connectivity index (χ1) is 51.8. The molecule has 105 heavy (non-hydrogen) atoms. The van der Waals surface area contributed by atoms with Gasteiger partial charge in [-0.1, -0.05) is 302 Å². The Labute approximate surface area is 617 Å². The van der Waals surface area contributed by atoms with E-state index in [0.717, 1.165) is 39.7 Å². The van der Waals surface area contributed by atoms with Crippen LogP contribution in [0.5, 0.6) is 0 Å². The molecule has 0 aliphatic heterocycles. The van der Waals surface area contributed by atoms with Crippen molar-refractivity contribution in [1.82, 2.24) is 0 Å². The summed E-state index contributed by atoms with van der Waals surface area (Å²) in [5.74, 6) is 0. The van der Waals surface area contributed by atoms with Crippen LogP contribution in [0.3, 0.4) is 0 Å². The summed E-state index contributed by atoms with van der Waals surface area (Å²) in [6, 6.07) is 141. The molecule has 494 valence electrons. The number of nitrogens with zero attached hydrogens (tertiary/aromatic N) is 2. The second-order valence-electron chi connectivity index (χ2n) is 29.1. The van der Waals surface area contributed by atoms with Gasteiger partial charge in [-0.3, -0.25) is 0 Å². The molecule has 0 fully saturated rings. The van der Waals surface area contributed by atoms with Crippen molar-refractivity contribution >= 4 is 65.6 Å². The van der Waals surface area contributed by atoms with Gasteiger partial charge in [0.1, 0.15) is 0 Å². The van der Waals surface area contributed by atoms with Crippen LogP contribution in [-0.2, 0) is 16.2 Å². The van der Waals surface area contributed by atoms with Crippen LogP contribution < -0.4 is 9.80 Å². The van der Waals surface area contributed by atoms with Gasteiger partial charge in [-0.2, -0.15) is 0 Å². The topological polar surface area (TPSA) is 6.48 Å². The minimum absolute atomic E-state index is 0.439. The predicted octanol–water partition coefficient (Wildman–Crippen LogP) is 26.7. The maximum absolute atomic E-state index is 2.54. The number of rotatable bonds is 11. The third-order valence-electron chi connectivity index (χ3n) is 23.7. The number of anilines is 6. The van der Waals surface area contributed by atoms with Gasteiger partial charge in [-0.25, -0.2) is 0 Å². The van der Waals surface area contributed by atoms with Crippen molar-refractivity contribution in [3.05, 3.63) is 454 Å². The molecule has 1 heterocycles. The maximum Gasteiger partial charge on any atom is 0.0725 e. The molecule has 1 spiro atoms. The third-order valence-corrected chi connectivity index (χ3v) is 24.8. The Morgan fingerprint density at radius 3 is 1.10 bits per heavy atom. The van der Waals surface area contributed by atoms with E-state index < -0.39 is 16.2 Å². The molecule has 4 aliphatic carbocycles. The van der Waals surface area contributed by atoms with Crippen molar-refractivity contribution in [3.63, 3.8) is 0 Å². The highest BCUT2D eigenvalue weighted by Crippen LogP contribution is 2.65. The fourth-order valence-corrected chi connectivity index (χ4v) is 20.5. The third kappa shape index (κ3) is 8.71. The standard InChI is InChI=1S/C102H70N2S/c1-65-43-53-82-84-56-50-76(63-94(84)100(92(82)59-65,69-25-8-4-9-26-69)70-27-10-5-11-28-70)103(77-51-57-85-83-54-44-66(2)60-93(83)101(95(85)64-77,71-29-12-6-13-30-71)72-31-14-7-15-32-72)74-49-55-78(67(3)61-74)68-45-47-73(48-46-68)104(96-40-24-42-98-99(96)86-36-19-23-41-97(86)105-98)75-52-58-91-87(62-75)81-35-18-22-39-90(81)102(91)88-37-20-16-33-79(88)80-34-17-21-38-89(80)102/h4-64H,1-3H3. The SMILES string of the molecule is Cc1ccc2c(c1)C(c1ccccc1)(c1ccccc1)c1cc(N(c3ccc(-c4ccc(N(c5ccc6c(c5)-c5ccccc5C65c6ccccc6-c6ccccc65)c5cccc6sc7ccccc7c56)cc4)c(C)c3)c3ccc4c(c3)C(c3ccccc3)(c3ccccc3)c3cc(C)ccc3-4)ccc1-2. The van der Waals surface area contributed by atoms with E-state index in [9.17, 15) is 0 Å². The molecule has 0 atom stereocenters. The zero-order valence-electron chi connectivity index (χ0n) is 58.5. The van der Waals surface area contributed by atoms with E-state index in [2.05, 4.69) is 401 Å². The molecule has 0 unspecified atom stereocenters. The second kappa shape index (κ2) is 23.4. The molecule has 21 rings (SSSR count). The number of thiophene rings is 1. The molecular weight excluding hydrogens is 1290 g/mol. The lowest BCUT2D eigenvalue weighted by Gasteiger charge is -2.36. The molecule has 0 bridgehead atoms. The number of hydrogen-bond donors (Lipinski definition) is 0. The average Bonchev–Trinajstić information content (AvgIpc) is 1.50. The van der Waals surface area contributed by atoms with Crippen molar-refractivity contribution in [2.24, 2.45) is 0 Å². The van der Waals surface area contributed by atoms with Crippen molar-refractivity contribution < 1.29 is 0 Å². The summed E-state index contributed by atoms with van der Waals surface area (Å²) in [5, 5.41) is 2.53. The van der Waals surface area contributed by atoms with Crippen LogP contribution in [0.4, 0.5) is 34.1 Å². The average molecular weight is 1360 g/mol. The lowest BCUT2D eigenvalue weighted by Crippen LogP contribution is -2.29. The van der Waals surface area contributed by atoms with Gasteiger partial charge in [0.2, 0.25) is 0 Å². The molecule has 3 heteroatoms. The second-order valence-corrected chi connectivity index (χ2v) is 30.2. The van der Waals surface area contributed by atoms with Crippen LogP contribution in [0, 0.1) is 20.8 Å². The van der Waals surface area contributed by atoms with Gasteiger partial charge in [-0.05, 0) is 228 Å². The van der Waals surface area contributed by atoms with Gasteiger partial charge >= 0.3 is 0 Å². The van der Waals surface area contributed by atoms with Crippen LogP contribution in [0.15, 0.2) is 370 Å². The Morgan fingerprint density at radius 2 is 0.600 bits per heavy atom. The first-order valence-corrected chi connectivity index (χ1v) is 37.5. The fourth-order valence-electron chi connectivity index (χ4n) is 19.4. The van der Waals surface area contributed by atoms with Crippen molar-refractivity contribution in [2.75, 3.05) is 9.80 Å². The van der Waals surface area contributed by atoms with Crippen LogP contribution in [-0.4, -0.2) is 0 Å². The van der Waals surface area contributed by atoms with Crippen LogP contribution >= 0.6 is 11.3 Å². The van der Waals surface area contributed by atoms with E-state index in [1.165, 1.54) is 154 Å². The largest absolute Gasteiger partial charge is 0.310 e. The summed E-state index contributed by atoms with van der Waals surface area (Å²) in [4.78, 5) is 5.06. The van der Waals surface area contributed by atoms with Gasteiger partial charge in [0.25, 0.3) is 0 Å². The van der Waals surface area contributed by atoms with E-state index >= 15 is 0 Å². The monoisotopic (exact) mass is 1350 g/mol. The van der Waals surface area contributed by atoms with Gasteiger partial charge in [0.05, 0.1) is 21.9 Å². The molecule has 0 amide bonds. The summed E-state index contributed by atoms with van der Waals surface area (Å²) in [6.45, 7) is 6.76. The quantitative estimate of drug-likeness (QED) is 0.127. The van der Waals surface area contributed by atoms with Gasteiger partial charge in [0.15, 0.2) is 0 Å². The Bertz CT molecular complexity index is 6070. The highest BCUT2D eigenvalue weighted by molar-refractivity contribution is 7.26. The minimum atomic E-state index is -0.607. The summed E-state index contributed by atoms with van der Waals surface area (Å²) >= 11 is 1.87. The van der Waals surface area contributed by atoms with Crippen LogP contribution in [0.1, 0.15) is 83.5 Å². The van der Waals surface area contributed by atoms with Crippen molar-refractivity contribution in [2.45, 2.75) is 37.0 Å². The van der Waals surface area contributed by atoms with Gasteiger partial charge in [0, 0.05) is 48.6 Å². The predicted molar refractivity (Wildman–Crippen MR) is 439 cm³/mol. The van der Waals surface area contributed by atoms with Crippen LogP contribution in [0.25, 0.3) is 75.8 Å². The molecule has 0 saturated carbocycles. The molecule has 16 aromatic carbocycles. The molecule has 17 aromatic rings. The van der Waals surface area contributed by atoms with E-state index in [-0.39, 0.29) is 0 Å². The molecule has 1 aromatic heterocycles. The van der Waals surface area contributed by atoms with Gasteiger partial charge in [-0.15, -0.1) is 11.3 Å². The number of fused-ring (bicyclic) bond motifs is 19. The lowest BCUT2D eigenvalue weighted by atomic mass is 9.67. The zero-order chi connectivity index (χ0) is 69.7. The Balaban J connectivity index is 0.739. The Hall–Kier alpha value is -12.7. The van der Waals surface area contributed by atoms with E-state index in [0.29, 0.717) is 0 Å². The van der Waals surface area contributed by atoms with E-state index in [1.807, 2.05) is 11.3 Å². The molecular formula is C102H70N2S. The lowest BCUT2D eigenvalue weighted by molar-refractivity contribution is 0.766. The highest BCUT2D eigenvalue weighted by atomic mass is 32.1. The Kier molecular flexibility index (Phi) is 13.6. The molecule has 4 aliphatic rings. The van der Waals surface area contributed by atoms with E-state index in [1.54, 1.807) is 0 Å². The first kappa shape index (κ1) is 61.0. The number of benzene rings is 16. The highest BCUT2D eigenvalue weighted by Gasteiger charge is 2.53. The summed E-state index contributed by atoms with van der Waals surface area (Å²) in [5.41, 5.74) is 36.6. The van der Waals surface area contributed by atoms with Crippen molar-refractivity contribution in [3.8, 4) is 55.6 Å². The van der Waals surface area contributed by atoms with Gasteiger partial charge < -0.3 is 9.80 Å². The minimum Gasteiger partial charge on any atom is -0.310 e. The summed E-state index contributed by atoms with van der Waals surface area (Å²) in [7, 11) is 0. The number of aryl methyl sites for hydroxylation is 3. The summed E-state index contributed by atoms with van der Waals surface area (Å²) < 4.78 is 2.55. The zero-order valence-corrected chi connectivity index (χ0v) is 59.3. The Morgan fingerprint density at radius 1 is 0.229 bits per heavy atom. The maximum atomic E-state index is 2.54. The molecule has 0 saturated heterocycles. The van der Waals surface area contributed by atoms with E-state index in [4.69, 9.17) is 0 Å². The molecule has 0 N–H and O–H groups in total. The van der Waals surface area contributed by atoms with Crippen LogP contribution in [0.2, 0.25) is 0 Å². The number of hydrogen-bond acceptors (Lipinski definition) is 3. The fraction of sp³-hybridized carbons (Fsp3) is 0.0588. The van der Waals surface area contributed by atoms with Crippen molar-refractivity contribution in [1.29, 1.82) is 0 Å². The normalized spacial score (nSPS) is 13.9. The molecule has 0 radical (unpaired) electrons. The smallest absolute Gasteiger partial charge is 0.0725 e. The first-order valence-electron chi connectivity index (χ1n) is 36.7. The summed E-state index contributed by atoms with van der Waals surface area (Å²) in [6.07, 6.45) is 0.